The maximum absolute atomic E-state index is 9.33. The number of hydrogen-bond donors (Lipinski definition) is 1. The molecule has 15 heavy (non-hydrogen) atoms. The minimum Gasteiger partial charge on any atom is -0.393 e. The van der Waals surface area contributed by atoms with Crippen LogP contribution in [-0.2, 0) is 6.42 Å². The molecule has 80 valence electrons. The summed E-state index contributed by atoms with van der Waals surface area (Å²) in [5, 5.41) is 10.0. The van der Waals surface area contributed by atoms with E-state index in [0.29, 0.717) is 11.4 Å². The van der Waals surface area contributed by atoms with Crippen molar-refractivity contribution in [3.05, 3.63) is 33.8 Å². The van der Waals surface area contributed by atoms with E-state index in [1.807, 2.05) is 16.7 Å². The fourth-order valence-electron chi connectivity index (χ4n) is 1.49. The molecule has 0 spiro atoms. The van der Waals surface area contributed by atoms with Gasteiger partial charge in [0.15, 0.2) is 0 Å². The largest absolute Gasteiger partial charge is 0.393 e. The third-order valence-electron chi connectivity index (χ3n) is 2.11. The summed E-state index contributed by atoms with van der Waals surface area (Å²) in [4.78, 5) is 4.33. The van der Waals surface area contributed by atoms with Crippen LogP contribution in [0.2, 0.25) is 5.02 Å². The standard InChI is InChI=1S/C10H10BrClN2O/c1-6(15)4-9-13-10(11)8-5-7(12)2-3-14(8)9/h2-3,5-6,15H,4H2,1H3. The van der Waals surface area contributed by atoms with Crippen LogP contribution in [0.25, 0.3) is 5.52 Å². The number of pyridine rings is 1. The van der Waals surface area contributed by atoms with E-state index in [4.69, 9.17) is 11.6 Å². The maximum Gasteiger partial charge on any atom is 0.132 e. The average Bonchev–Trinajstić information content (AvgIpc) is 2.42. The third-order valence-corrected chi connectivity index (χ3v) is 2.93. The predicted octanol–water partition coefficient (Wildman–Crippen LogP) is 2.67. The van der Waals surface area contributed by atoms with E-state index in [1.165, 1.54) is 0 Å². The second kappa shape index (κ2) is 4.12. The monoisotopic (exact) mass is 288 g/mol. The van der Waals surface area contributed by atoms with Crippen LogP contribution in [0.5, 0.6) is 0 Å². The van der Waals surface area contributed by atoms with Gasteiger partial charge >= 0.3 is 0 Å². The molecule has 2 aromatic rings. The molecule has 2 rings (SSSR count). The van der Waals surface area contributed by atoms with Gasteiger partial charge in [-0.2, -0.15) is 0 Å². The van der Waals surface area contributed by atoms with E-state index in [1.54, 1.807) is 13.0 Å². The molecule has 0 amide bonds. The summed E-state index contributed by atoms with van der Waals surface area (Å²) in [6, 6.07) is 3.64. The maximum atomic E-state index is 9.33. The number of nitrogens with zero attached hydrogens (tertiary/aromatic N) is 2. The number of aromatic nitrogens is 2. The third kappa shape index (κ3) is 2.17. The predicted molar refractivity (Wildman–Crippen MR) is 63.3 cm³/mol. The normalized spacial score (nSPS) is 13.3. The lowest BCUT2D eigenvalue weighted by Gasteiger charge is -2.03. The van der Waals surface area contributed by atoms with Crippen LogP contribution in [0.1, 0.15) is 12.7 Å². The molecular formula is C10H10BrClN2O. The SMILES string of the molecule is CC(O)Cc1nc(Br)c2cc(Cl)ccn12. The van der Waals surface area contributed by atoms with Crippen molar-refractivity contribution < 1.29 is 5.11 Å². The lowest BCUT2D eigenvalue weighted by Crippen LogP contribution is -2.07. The molecule has 2 heterocycles. The Morgan fingerprint density at radius 1 is 1.67 bits per heavy atom. The highest BCUT2D eigenvalue weighted by molar-refractivity contribution is 9.10. The second-order valence-corrected chi connectivity index (χ2v) is 4.66. The van der Waals surface area contributed by atoms with Gasteiger partial charge in [-0.3, -0.25) is 0 Å². The summed E-state index contributed by atoms with van der Waals surface area (Å²) >= 11 is 9.26. The van der Waals surface area contributed by atoms with Gasteiger partial charge in [0.2, 0.25) is 0 Å². The number of aliphatic hydroxyl groups excluding tert-OH is 1. The minimum absolute atomic E-state index is 0.404. The Morgan fingerprint density at radius 2 is 2.40 bits per heavy atom. The number of rotatable bonds is 2. The average molecular weight is 290 g/mol. The first-order valence-corrected chi connectivity index (χ1v) is 5.75. The zero-order valence-corrected chi connectivity index (χ0v) is 10.5. The van der Waals surface area contributed by atoms with E-state index in [9.17, 15) is 5.11 Å². The smallest absolute Gasteiger partial charge is 0.132 e. The van der Waals surface area contributed by atoms with E-state index >= 15 is 0 Å². The number of halogens is 2. The fraction of sp³-hybridized carbons (Fsp3) is 0.300. The molecular weight excluding hydrogens is 279 g/mol. The van der Waals surface area contributed by atoms with Crippen molar-refractivity contribution >= 4 is 33.0 Å². The van der Waals surface area contributed by atoms with Gasteiger partial charge in [-0.15, -0.1) is 0 Å². The first kappa shape index (κ1) is 10.9. The summed E-state index contributed by atoms with van der Waals surface area (Å²) in [5.74, 6) is 0.823. The van der Waals surface area contributed by atoms with Gasteiger partial charge in [-0.05, 0) is 35.0 Å². The molecule has 0 radical (unpaired) electrons. The summed E-state index contributed by atoms with van der Waals surface area (Å²) in [6.45, 7) is 1.74. The molecule has 0 saturated heterocycles. The van der Waals surface area contributed by atoms with Gasteiger partial charge in [0, 0.05) is 17.6 Å². The van der Waals surface area contributed by atoms with E-state index < -0.39 is 6.10 Å². The van der Waals surface area contributed by atoms with Crippen LogP contribution in [-0.4, -0.2) is 20.6 Å². The van der Waals surface area contributed by atoms with Crippen molar-refractivity contribution in [2.24, 2.45) is 0 Å². The molecule has 1 unspecified atom stereocenters. The Balaban J connectivity index is 2.57. The van der Waals surface area contributed by atoms with Crippen LogP contribution in [0.15, 0.2) is 22.9 Å². The topological polar surface area (TPSA) is 37.5 Å². The summed E-state index contributed by atoms with van der Waals surface area (Å²) in [7, 11) is 0. The van der Waals surface area contributed by atoms with Gasteiger partial charge < -0.3 is 9.51 Å². The minimum atomic E-state index is -0.404. The van der Waals surface area contributed by atoms with Crippen molar-refractivity contribution in [3.63, 3.8) is 0 Å². The molecule has 0 bridgehead atoms. The van der Waals surface area contributed by atoms with E-state index in [0.717, 1.165) is 15.9 Å². The van der Waals surface area contributed by atoms with Crippen LogP contribution in [0, 0.1) is 0 Å². The molecule has 0 aliphatic heterocycles. The van der Waals surface area contributed by atoms with E-state index in [2.05, 4.69) is 20.9 Å². The zero-order chi connectivity index (χ0) is 11.0. The molecule has 0 saturated carbocycles. The number of hydrogen-bond acceptors (Lipinski definition) is 2. The summed E-state index contributed by atoms with van der Waals surface area (Å²) in [6.07, 6.45) is 1.97. The molecule has 3 nitrogen and oxygen atoms in total. The van der Waals surface area contributed by atoms with Gasteiger partial charge in [-0.1, -0.05) is 11.6 Å². The quantitative estimate of drug-likeness (QED) is 0.923. The highest BCUT2D eigenvalue weighted by atomic mass is 79.9. The van der Waals surface area contributed by atoms with E-state index in [-0.39, 0.29) is 0 Å². The number of fused-ring (bicyclic) bond motifs is 1. The van der Waals surface area contributed by atoms with Crippen LogP contribution >= 0.6 is 27.5 Å². The van der Waals surface area contributed by atoms with Crippen LogP contribution < -0.4 is 0 Å². The molecule has 1 N–H and O–H groups in total. The first-order chi connectivity index (χ1) is 7.08. The number of imidazole rings is 1. The van der Waals surface area contributed by atoms with Crippen molar-refractivity contribution in [1.29, 1.82) is 0 Å². The van der Waals surface area contributed by atoms with Gasteiger partial charge in [-0.25, -0.2) is 4.98 Å². The summed E-state index contributed by atoms with van der Waals surface area (Å²) < 4.78 is 2.67. The molecule has 2 aromatic heterocycles. The summed E-state index contributed by atoms with van der Waals surface area (Å²) in [5.41, 5.74) is 0.915. The van der Waals surface area contributed by atoms with Crippen molar-refractivity contribution in [2.75, 3.05) is 0 Å². The second-order valence-electron chi connectivity index (χ2n) is 3.47. The molecule has 0 aliphatic rings. The van der Waals surface area contributed by atoms with Gasteiger partial charge in [0.05, 0.1) is 11.6 Å². The lowest BCUT2D eigenvalue weighted by molar-refractivity contribution is 0.192. The number of aliphatic hydroxyl groups is 1. The van der Waals surface area contributed by atoms with Gasteiger partial charge in [0.1, 0.15) is 10.4 Å². The Hall–Kier alpha value is -0.580. The fourth-order valence-corrected chi connectivity index (χ4v) is 2.16. The van der Waals surface area contributed by atoms with Crippen molar-refractivity contribution in [1.82, 2.24) is 9.38 Å². The Bertz CT molecular complexity index is 495. The molecule has 0 fully saturated rings. The zero-order valence-electron chi connectivity index (χ0n) is 8.11. The highest BCUT2D eigenvalue weighted by Crippen LogP contribution is 2.22. The Kier molecular flexibility index (Phi) is 3.00. The molecule has 0 aliphatic carbocycles. The van der Waals surface area contributed by atoms with Crippen molar-refractivity contribution in [3.8, 4) is 0 Å². The van der Waals surface area contributed by atoms with Crippen molar-refractivity contribution in [2.45, 2.75) is 19.4 Å². The van der Waals surface area contributed by atoms with Crippen LogP contribution in [0.3, 0.4) is 0 Å². The molecule has 1 atom stereocenters. The van der Waals surface area contributed by atoms with Crippen LogP contribution in [0.4, 0.5) is 0 Å². The Morgan fingerprint density at radius 3 is 3.07 bits per heavy atom. The molecule has 5 heteroatoms. The molecule has 0 aromatic carbocycles. The highest BCUT2D eigenvalue weighted by Gasteiger charge is 2.10. The first-order valence-electron chi connectivity index (χ1n) is 4.58. The lowest BCUT2D eigenvalue weighted by atomic mass is 10.3. The van der Waals surface area contributed by atoms with Gasteiger partial charge in [0.25, 0.3) is 0 Å². The Labute approximate surface area is 101 Å².